The van der Waals surface area contributed by atoms with Crippen LogP contribution in [0.2, 0.25) is 0 Å². The molecular weight excluding hydrogens is 642 g/mol. The van der Waals surface area contributed by atoms with Crippen LogP contribution in [0.1, 0.15) is 59.0 Å². The summed E-state index contributed by atoms with van der Waals surface area (Å²) in [5.74, 6) is -1.00. The van der Waals surface area contributed by atoms with Crippen molar-refractivity contribution in [2.24, 2.45) is 0 Å². The smallest absolute Gasteiger partial charge is 0.338 e. The number of allylic oxidation sites excluding steroid dienone is 10. The second kappa shape index (κ2) is 17.1. The molecule has 0 aromatic heterocycles. The van der Waals surface area contributed by atoms with Crippen LogP contribution in [-0.2, 0) is 9.47 Å². The van der Waals surface area contributed by atoms with Crippen molar-refractivity contribution in [1.29, 1.82) is 0 Å². The van der Waals surface area contributed by atoms with Crippen molar-refractivity contribution in [2.45, 2.75) is 27.2 Å². The van der Waals surface area contributed by atoms with Crippen molar-refractivity contribution in [3.05, 3.63) is 179 Å². The first kappa shape index (κ1) is 35.7. The van der Waals surface area contributed by atoms with Crippen molar-refractivity contribution in [1.82, 2.24) is 0 Å². The molecule has 6 heteroatoms. The van der Waals surface area contributed by atoms with E-state index in [1.165, 1.54) is 0 Å². The molecule has 252 valence electrons. The van der Waals surface area contributed by atoms with Crippen molar-refractivity contribution in [3.63, 3.8) is 0 Å². The lowest BCUT2D eigenvalue weighted by molar-refractivity contribution is 0.0511. The predicted molar refractivity (Wildman–Crippen MR) is 206 cm³/mol. The van der Waals surface area contributed by atoms with E-state index in [4.69, 9.17) is 21.1 Å². The Morgan fingerprint density at radius 3 is 2.00 bits per heavy atom. The zero-order valence-corrected chi connectivity index (χ0v) is 29.3. The van der Waals surface area contributed by atoms with Gasteiger partial charge in [-0.2, -0.15) is 0 Å². The Kier molecular flexibility index (Phi) is 12.2. The summed E-state index contributed by atoms with van der Waals surface area (Å²) in [7, 11) is 0. The number of halogens is 1. The molecule has 0 amide bonds. The van der Waals surface area contributed by atoms with Crippen LogP contribution < -0.4 is 4.90 Å². The number of para-hydroxylation sites is 1. The molecular formula is C44H40ClNO4. The molecule has 5 nitrogen and oxygen atoms in total. The van der Waals surface area contributed by atoms with Gasteiger partial charge in [-0.15, -0.1) is 0 Å². The van der Waals surface area contributed by atoms with Crippen molar-refractivity contribution < 1.29 is 19.1 Å². The van der Waals surface area contributed by atoms with Gasteiger partial charge in [0.25, 0.3) is 0 Å². The van der Waals surface area contributed by atoms with Crippen LogP contribution in [0.4, 0.5) is 11.4 Å². The number of esters is 2. The van der Waals surface area contributed by atoms with Crippen molar-refractivity contribution in [3.8, 4) is 11.1 Å². The normalized spacial score (nSPS) is 13.1. The minimum atomic E-state index is -0.502. The average Bonchev–Trinajstić information content (AvgIpc) is 3.37. The van der Waals surface area contributed by atoms with Crippen LogP contribution >= 0.6 is 11.6 Å². The minimum absolute atomic E-state index is 0.195. The zero-order chi connectivity index (χ0) is 35.5. The largest absolute Gasteiger partial charge is 0.462 e. The van der Waals surface area contributed by atoms with Gasteiger partial charge < -0.3 is 14.4 Å². The summed E-state index contributed by atoms with van der Waals surface area (Å²) in [5, 5.41) is 0.478. The molecule has 0 saturated heterocycles. The summed E-state index contributed by atoms with van der Waals surface area (Å²) in [6, 6.07) is 32.1. The van der Waals surface area contributed by atoms with Gasteiger partial charge in [-0.05, 0) is 115 Å². The Morgan fingerprint density at radius 2 is 1.36 bits per heavy atom. The van der Waals surface area contributed by atoms with Crippen LogP contribution in [0, 0.1) is 0 Å². The summed E-state index contributed by atoms with van der Waals surface area (Å²) in [5.41, 5.74) is 8.12. The average molecular weight is 682 g/mol. The van der Waals surface area contributed by atoms with Gasteiger partial charge in [-0.25, -0.2) is 9.59 Å². The maximum absolute atomic E-state index is 13.5. The van der Waals surface area contributed by atoms with Gasteiger partial charge in [0, 0.05) is 22.1 Å². The maximum Gasteiger partial charge on any atom is 0.338 e. The lowest BCUT2D eigenvalue weighted by Crippen LogP contribution is -2.15. The lowest BCUT2D eigenvalue weighted by atomic mass is 9.89. The number of nitrogens with zero attached hydrogens (tertiary/aromatic N) is 1. The Morgan fingerprint density at radius 1 is 0.760 bits per heavy atom. The zero-order valence-electron chi connectivity index (χ0n) is 28.6. The summed E-state index contributed by atoms with van der Waals surface area (Å²) in [6.07, 6.45) is 13.6. The molecule has 0 unspecified atom stereocenters. The number of rotatable bonds is 12. The number of hydrogen-bond donors (Lipinski definition) is 0. The van der Waals surface area contributed by atoms with E-state index in [2.05, 4.69) is 47.9 Å². The molecule has 5 rings (SSSR count). The molecule has 0 atom stereocenters. The second-order valence-corrected chi connectivity index (χ2v) is 11.8. The van der Waals surface area contributed by atoms with Gasteiger partial charge in [0.15, 0.2) is 0 Å². The van der Waals surface area contributed by atoms with E-state index in [1.807, 2.05) is 85.8 Å². The fraction of sp³-hybridized carbons (Fsp3) is 0.136. The van der Waals surface area contributed by atoms with Gasteiger partial charge in [0.1, 0.15) is 0 Å². The molecule has 1 aliphatic rings. The van der Waals surface area contributed by atoms with E-state index in [0.29, 0.717) is 39.3 Å². The van der Waals surface area contributed by atoms with Gasteiger partial charge in [-0.1, -0.05) is 103 Å². The first-order valence-electron chi connectivity index (χ1n) is 16.6. The molecule has 0 heterocycles. The molecule has 0 aliphatic heterocycles. The third kappa shape index (κ3) is 8.31. The quantitative estimate of drug-likeness (QED) is 0.110. The first-order valence-corrected chi connectivity index (χ1v) is 17.0. The summed E-state index contributed by atoms with van der Waals surface area (Å²) in [4.78, 5) is 29.0. The molecule has 4 aromatic rings. The third-order valence-corrected chi connectivity index (χ3v) is 8.57. The number of carbonyl (C=O) groups excluding carboxylic acids is 2. The highest BCUT2D eigenvalue weighted by atomic mass is 35.5. The Balaban J connectivity index is 1.64. The van der Waals surface area contributed by atoms with Crippen LogP contribution in [0.3, 0.4) is 0 Å². The van der Waals surface area contributed by atoms with E-state index >= 15 is 0 Å². The standard InChI is InChI=1S/C44H40ClNO4/c1-5-34(46(35-19-13-9-14-20-35)36-27-24-33(25-28-36)32-17-11-8-12-18-32)26-23-31(4)38-29-41(44(48)50-7-3)39(30-40(38)43(47)49-6-2)37-21-15-10-16-22-42(37)45/h5,8-20,22-30H,1,6-7,21H2,2-4H3/b31-23+,34-26+. The van der Waals surface area contributed by atoms with E-state index in [9.17, 15) is 9.59 Å². The fourth-order valence-corrected chi connectivity index (χ4v) is 6.02. The lowest BCUT2D eigenvalue weighted by Gasteiger charge is -2.26. The first-order chi connectivity index (χ1) is 24.4. The topological polar surface area (TPSA) is 55.8 Å². The Bertz CT molecular complexity index is 2000. The summed E-state index contributed by atoms with van der Waals surface area (Å²) >= 11 is 6.69. The van der Waals surface area contributed by atoms with Crippen LogP contribution in [0.25, 0.3) is 22.3 Å². The molecule has 0 radical (unpaired) electrons. The fourth-order valence-electron chi connectivity index (χ4n) is 5.76. The van der Waals surface area contributed by atoms with Crippen LogP contribution in [-0.4, -0.2) is 25.2 Å². The number of anilines is 2. The molecule has 0 N–H and O–H groups in total. The van der Waals surface area contributed by atoms with Crippen LogP contribution in [0.5, 0.6) is 0 Å². The summed E-state index contributed by atoms with van der Waals surface area (Å²) in [6.45, 7) is 9.96. The van der Waals surface area contributed by atoms with Gasteiger partial charge in [-0.3, -0.25) is 0 Å². The number of benzene rings is 4. The van der Waals surface area contributed by atoms with E-state index in [-0.39, 0.29) is 13.2 Å². The van der Waals surface area contributed by atoms with E-state index < -0.39 is 11.9 Å². The number of ether oxygens (including phenoxy) is 2. The second-order valence-electron chi connectivity index (χ2n) is 11.4. The van der Waals surface area contributed by atoms with Gasteiger partial charge >= 0.3 is 11.9 Å². The monoisotopic (exact) mass is 681 g/mol. The van der Waals surface area contributed by atoms with Gasteiger partial charge in [0.05, 0.1) is 24.3 Å². The Hall–Kier alpha value is -5.65. The summed E-state index contributed by atoms with van der Waals surface area (Å²) < 4.78 is 11.0. The highest BCUT2D eigenvalue weighted by Crippen LogP contribution is 2.36. The minimum Gasteiger partial charge on any atom is -0.462 e. The SMILES string of the molecule is C=C/C(=C\C=C(/C)c1cc(C(=O)OCC)c(C2=C(Cl)C=CC=CC2)cc1C(=O)OCC)N(c1ccccc1)c1ccc(-c2ccccc2)cc1. The molecule has 0 saturated carbocycles. The van der Waals surface area contributed by atoms with Crippen molar-refractivity contribution in [2.75, 3.05) is 18.1 Å². The van der Waals surface area contributed by atoms with Gasteiger partial charge in [0.2, 0.25) is 0 Å². The molecule has 0 fully saturated rings. The molecule has 50 heavy (non-hydrogen) atoms. The number of hydrogen-bond acceptors (Lipinski definition) is 5. The molecule has 1 aliphatic carbocycles. The highest BCUT2D eigenvalue weighted by Gasteiger charge is 2.24. The molecule has 0 bridgehead atoms. The highest BCUT2D eigenvalue weighted by molar-refractivity contribution is 6.34. The van der Waals surface area contributed by atoms with Crippen LogP contribution in [0.15, 0.2) is 157 Å². The molecule has 4 aromatic carbocycles. The maximum atomic E-state index is 13.5. The molecule has 0 spiro atoms. The van der Waals surface area contributed by atoms with Crippen molar-refractivity contribution >= 4 is 46.1 Å². The third-order valence-electron chi connectivity index (χ3n) is 8.22. The predicted octanol–water partition coefficient (Wildman–Crippen LogP) is 11.5. The van der Waals surface area contributed by atoms with E-state index in [0.717, 1.165) is 33.8 Å². The van der Waals surface area contributed by atoms with E-state index in [1.54, 1.807) is 38.1 Å². The Labute approximate surface area is 299 Å². The number of carbonyl (C=O) groups is 2.